The second-order valence-corrected chi connectivity index (χ2v) is 4.66. The van der Waals surface area contributed by atoms with Crippen molar-refractivity contribution in [2.45, 2.75) is 0 Å². The van der Waals surface area contributed by atoms with Gasteiger partial charge in [-0.1, -0.05) is 12.1 Å². The molecule has 6 nitrogen and oxygen atoms in total. The first-order chi connectivity index (χ1) is 11.1. The van der Waals surface area contributed by atoms with Gasteiger partial charge >= 0.3 is 5.97 Å². The lowest BCUT2D eigenvalue weighted by molar-refractivity contribution is 0.0697. The molecule has 7 heteroatoms. The predicted octanol–water partition coefficient (Wildman–Crippen LogP) is 2.64. The molecule has 0 bridgehead atoms. The van der Waals surface area contributed by atoms with Gasteiger partial charge in [0.15, 0.2) is 0 Å². The highest BCUT2D eigenvalue weighted by atomic mass is 19.1. The first kappa shape index (κ1) is 14.4. The van der Waals surface area contributed by atoms with Gasteiger partial charge < -0.3 is 5.11 Å². The maximum atomic E-state index is 13.9. The van der Waals surface area contributed by atoms with Crippen LogP contribution < -0.4 is 0 Å². The fourth-order valence-corrected chi connectivity index (χ4v) is 2.11. The van der Waals surface area contributed by atoms with Crippen molar-refractivity contribution in [3.8, 4) is 23.0 Å². The Morgan fingerprint density at radius 1 is 1.30 bits per heavy atom. The lowest BCUT2D eigenvalue weighted by atomic mass is 10.1. The number of carbonyl (C=O) groups is 1. The number of carboxylic acid groups (broad SMARTS) is 1. The number of hydrogen-bond donors (Lipinski definition) is 1. The van der Waals surface area contributed by atoms with Crippen LogP contribution in [0.1, 0.15) is 15.9 Å². The topological polar surface area (TPSA) is 91.8 Å². The molecule has 0 amide bonds. The molecule has 2 aromatic heterocycles. The number of aromatic carboxylic acids is 1. The molecule has 1 aromatic carbocycles. The fourth-order valence-electron chi connectivity index (χ4n) is 2.11. The number of rotatable bonds is 3. The molecule has 0 saturated heterocycles. The average Bonchev–Trinajstić information content (AvgIpc) is 3.05. The smallest absolute Gasteiger partial charge is 0.338 e. The Morgan fingerprint density at radius 2 is 2.09 bits per heavy atom. The minimum Gasteiger partial charge on any atom is -0.478 e. The van der Waals surface area contributed by atoms with Crippen LogP contribution in [0.3, 0.4) is 0 Å². The van der Waals surface area contributed by atoms with Gasteiger partial charge in [-0.05, 0) is 18.2 Å². The van der Waals surface area contributed by atoms with Gasteiger partial charge in [-0.25, -0.2) is 13.9 Å². The van der Waals surface area contributed by atoms with Crippen molar-refractivity contribution in [2.24, 2.45) is 0 Å². The van der Waals surface area contributed by atoms with E-state index in [1.165, 1.54) is 41.5 Å². The molecule has 1 N–H and O–H groups in total. The zero-order chi connectivity index (χ0) is 16.4. The van der Waals surface area contributed by atoms with Crippen LogP contribution in [0, 0.1) is 17.1 Å². The van der Waals surface area contributed by atoms with Gasteiger partial charge in [0.1, 0.15) is 11.9 Å². The monoisotopic (exact) mass is 308 g/mol. The van der Waals surface area contributed by atoms with Gasteiger partial charge in [-0.2, -0.15) is 10.4 Å². The summed E-state index contributed by atoms with van der Waals surface area (Å²) in [6, 6.07) is 9.49. The molecule has 0 radical (unpaired) electrons. The highest BCUT2D eigenvalue weighted by Crippen LogP contribution is 2.25. The van der Waals surface area contributed by atoms with E-state index in [4.69, 9.17) is 5.11 Å². The highest BCUT2D eigenvalue weighted by molar-refractivity contribution is 5.87. The van der Waals surface area contributed by atoms with E-state index in [0.717, 1.165) is 0 Å². The Kier molecular flexibility index (Phi) is 3.57. The Morgan fingerprint density at radius 3 is 2.74 bits per heavy atom. The second kappa shape index (κ2) is 5.69. The number of benzene rings is 1. The van der Waals surface area contributed by atoms with E-state index in [2.05, 4.69) is 10.1 Å². The molecule has 0 fully saturated rings. The van der Waals surface area contributed by atoms with Gasteiger partial charge in [-0.15, -0.1) is 0 Å². The third kappa shape index (κ3) is 2.65. The molecule has 0 aliphatic heterocycles. The first-order valence-corrected chi connectivity index (χ1v) is 6.53. The lowest BCUT2D eigenvalue weighted by Gasteiger charge is -2.07. The van der Waals surface area contributed by atoms with Crippen LogP contribution in [-0.2, 0) is 0 Å². The Bertz CT molecular complexity index is 943. The van der Waals surface area contributed by atoms with Crippen LogP contribution in [0.4, 0.5) is 4.39 Å². The summed E-state index contributed by atoms with van der Waals surface area (Å²) in [5, 5.41) is 22.1. The molecule has 0 spiro atoms. The van der Waals surface area contributed by atoms with Gasteiger partial charge in [-0.3, -0.25) is 4.98 Å². The number of hydrogen-bond acceptors (Lipinski definition) is 4. The van der Waals surface area contributed by atoms with E-state index in [1.807, 2.05) is 6.07 Å². The average molecular weight is 308 g/mol. The zero-order valence-corrected chi connectivity index (χ0v) is 11.6. The molecule has 3 aromatic rings. The van der Waals surface area contributed by atoms with E-state index >= 15 is 0 Å². The van der Waals surface area contributed by atoms with Crippen LogP contribution in [0.15, 0.2) is 48.9 Å². The Hall–Kier alpha value is -3.53. The van der Waals surface area contributed by atoms with Crippen molar-refractivity contribution in [1.82, 2.24) is 14.8 Å². The summed E-state index contributed by atoms with van der Waals surface area (Å²) in [4.78, 5) is 15.0. The quantitative estimate of drug-likeness (QED) is 0.803. The molecule has 0 unspecified atom stereocenters. The molecular weight excluding hydrogens is 299 g/mol. The fraction of sp³-hybridized carbons (Fsp3) is 0. The number of nitriles is 1. The predicted molar refractivity (Wildman–Crippen MR) is 78.4 cm³/mol. The van der Waals surface area contributed by atoms with E-state index in [-0.39, 0.29) is 22.4 Å². The van der Waals surface area contributed by atoms with Crippen LogP contribution >= 0.6 is 0 Å². The largest absolute Gasteiger partial charge is 0.478 e. The summed E-state index contributed by atoms with van der Waals surface area (Å²) in [6.45, 7) is 0. The lowest BCUT2D eigenvalue weighted by Crippen LogP contribution is -2.00. The third-order valence-corrected chi connectivity index (χ3v) is 3.22. The third-order valence-electron chi connectivity index (χ3n) is 3.22. The summed E-state index contributed by atoms with van der Waals surface area (Å²) in [5.41, 5.74) is 1.04. The van der Waals surface area contributed by atoms with Crippen molar-refractivity contribution in [1.29, 1.82) is 5.26 Å². The Labute approximate surface area is 130 Å². The number of nitrogens with zero attached hydrogens (tertiary/aromatic N) is 4. The second-order valence-electron chi connectivity index (χ2n) is 4.66. The molecule has 23 heavy (non-hydrogen) atoms. The van der Waals surface area contributed by atoms with Gasteiger partial charge in [0, 0.05) is 11.8 Å². The minimum absolute atomic E-state index is 0.0155. The minimum atomic E-state index is -1.10. The maximum absolute atomic E-state index is 13.9. The van der Waals surface area contributed by atoms with Gasteiger partial charge in [0.05, 0.1) is 34.9 Å². The molecular formula is C16H9FN4O2. The molecule has 0 aliphatic carbocycles. The van der Waals surface area contributed by atoms with Crippen molar-refractivity contribution in [3.05, 3.63) is 65.9 Å². The Balaban J connectivity index is 2.08. The van der Waals surface area contributed by atoms with Crippen molar-refractivity contribution in [2.75, 3.05) is 0 Å². The summed E-state index contributed by atoms with van der Waals surface area (Å²) in [5.74, 6) is -1.58. The number of pyridine rings is 1. The molecule has 0 aliphatic rings. The van der Waals surface area contributed by atoms with Crippen molar-refractivity contribution >= 4 is 5.97 Å². The van der Waals surface area contributed by atoms with Crippen LogP contribution in [0.5, 0.6) is 0 Å². The van der Waals surface area contributed by atoms with Crippen LogP contribution in [0.25, 0.3) is 16.9 Å². The van der Waals surface area contributed by atoms with E-state index < -0.39 is 11.8 Å². The molecule has 0 atom stereocenters. The van der Waals surface area contributed by atoms with Crippen LogP contribution in [0.2, 0.25) is 0 Å². The van der Waals surface area contributed by atoms with Gasteiger partial charge in [0.2, 0.25) is 0 Å². The van der Waals surface area contributed by atoms with E-state index in [9.17, 15) is 14.4 Å². The summed E-state index contributed by atoms with van der Waals surface area (Å²) >= 11 is 0. The zero-order valence-electron chi connectivity index (χ0n) is 11.6. The summed E-state index contributed by atoms with van der Waals surface area (Å²) in [6.07, 6.45) is 3.91. The standard InChI is InChI=1S/C16H9FN4O2/c17-14-4-2-1-3-13(14)15-10(6-18)5-12(8-19-15)21-9-11(7-20-21)16(22)23/h1-5,7-9H,(H,22,23). The molecule has 112 valence electrons. The molecule has 3 rings (SSSR count). The number of halogens is 1. The normalized spacial score (nSPS) is 10.3. The SMILES string of the molecule is N#Cc1cc(-n2cc(C(=O)O)cn2)cnc1-c1ccccc1F. The number of aromatic nitrogens is 3. The molecule has 0 saturated carbocycles. The summed E-state index contributed by atoms with van der Waals surface area (Å²) < 4.78 is 15.2. The van der Waals surface area contributed by atoms with E-state index in [1.54, 1.807) is 12.1 Å². The maximum Gasteiger partial charge on any atom is 0.338 e. The van der Waals surface area contributed by atoms with Crippen molar-refractivity contribution < 1.29 is 14.3 Å². The van der Waals surface area contributed by atoms with Crippen molar-refractivity contribution in [3.63, 3.8) is 0 Å². The van der Waals surface area contributed by atoms with Gasteiger partial charge in [0.25, 0.3) is 0 Å². The van der Waals surface area contributed by atoms with Crippen LogP contribution in [-0.4, -0.2) is 25.8 Å². The highest BCUT2D eigenvalue weighted by Gasteiger charge is 2.13. The summed E-state index contributed by atoms with van der Waals surface area (Å²) in [7, 11) is 0. The number of carboxylic acids is 1. The molecule has 2 heterocycles. The van der Waals surface area contributed by atoms with E-state index in [0.29, 0.717) is 5.69 Å². The first-order valence-electron chi connectivity index (χ1n) is 6.53.